The average molecular weight is 344 g/mol. The zero-order chi connectivity index (χ0) is 17.9. The Bertz CT molecular complexity index is 955. The standard InChI is InChI=1S/C22H14F2N2/c23-17-9-5-15(6-10-17)19-3-1-13-25-21(19)22-20(4-2-14-26-22)16-7-11-18(24)12-8-16/h1-14H. The first-order valence-corrected chi connectivity index (χ1v) is 8.14. The molecule has 0 aliphatic heterocycles. The third-order valence-electron chi connectivity index (χ3n) is 4.15. The Hall–Kier alpha value is -3.40. The lowest BCUT2D eigenvalue weighted by molar-refractivity contribution is 0.627. The van der Waals surface area contributed by atoms with Crippen molar-refractivity contribution < 1.29 is 8.78 Å². The summed E-state index contributed by atoms with van der Waals surface area (Å²) in [5.41, 5.74) is 4.80. The van der Waals surface area contributed by atoms with Crippen LogP contribution in [0.25, 0.3) is 33.6 Å². The zero-order valence-electron chi connectivity index (χ0n) is 13.7. The lowest BCUT2D eigenvalue weighted by Gasteiger charge is -2.12. The van der Waals surface area contributed by atoms with Crippen LogP contribution < -0.4 is 0 Å². The molecule has 0 bridgehead atoms. The van der Waals surface area contributed by atoms with Gasteiger partial charge in [-0.1, -0.05) is 36.4 Å². The van der Waals surface area contributed by atoms with E-state index in [4.69, 9.17) is 0 Å². The molecule has 4 heteroatoms. The maximum absolute atomic E-state index is 13.3. The first-order valence-electron chi connectivity index (χ1n) is 8.14. The van der Waals surface area contributed by atoms with Gasteiger partial charge in [-0.05, 0) is 47.5 Å². The molecule has 0 saturated carbocycles. The van der Waals surface area contributed by atoms with E-state index >= 15 is 0 Å². The van der Waals surface area contributed by atoms with Crippen molar-refractivity contribution in [3.63, 3.8) is 0 Å². The van der Waals surface area contributed by atoms with Gasteiger partial charge in [-0.3, -0.25) is 9.97 Å². The molecule has 0 atom stereocenters. The normalized spacial score (nSPS) is 10.7. The number of rotatable bonds is 3. The SMILES string of the molecule is Fc1ccc(-c2cccnc2-c2ncccc2-c2ccc(F)cc2)cc1. The minimum absolute atomic E-state index is 0.288. The molecule has 126 valence electrons. The van der Waals surface area contributed by atoms with Crippen LogP contribution >= 0.6 is 0 Å². The maximum atomic E-state index is 13.3. The molecule has 26 heavy (non-hydrogen) atoms. The highest BCUT2D eigenvalue weighted by atomic mass is 19.1. The molecule has 0 amide bonds. The summed E-state index contributed by atoms with van der Waals surface area (Å²) in [5, 5.41) is 0. The fourth-order valence-corrected chi connectivity index (χ4v) is 2.91. The summed E-state index contributed by atoms with van der Waals surface area (Å²) >= 11 is 0. The van der Waals surface area contributed by atoms with Crippen molar-refractivity contribution in [1.29, 1.82) is 0 Å². The van der Waals surface area contributed by atoms with E-state index in [1.165, 1.54) is 24.3 Å². The van der Waals surface area contributed by atoms with E-state index in [0.29, 0.717) is 11.4 Å². The monoisotopic (exact) mass is 344 g/mol. The Balaban J connectivity index is 1.90. The molecule has 2 aromatic heterocycles. The molecule has 0 N–H and O–H groups in total. The molecule has 0 fully saturated rings. The molecule has 0 aliphatic carbocycles. The van der Waals surface area contributed by atoms with Gasteiger partial charge in [0.15, 0.2) is 0 Å². The van der Waals surface area contributed by atoms with Crippen molar-refractivity contribution in [3.05, 3.63) is 96.8 Å². The second-order valence-electron chi connectivity index (χ2n) is 5.81. The van der Waals surface area contributed by atoms with Crippen molar-refractivity contribution in [2.75, 3.05) is 0 Å². The van der Waals surface area contributed by atoms with Crippen LogP contribution in [0, 0.1) is 11.6 Å². The van der Waals surface area contributed by atoms with Crippen molar-refractivity contribution in [3.8, 4) is 33.6 Å². The molecular weight excluding hydrogens is 330 g/mol. The summed E-state index contributed by atoms with van der Waals surface area (Å²) in [6.45, 7) is 0. The Morgan fingerprint density at radius 3 is 1.27 bits per heavy atom. The van der Waals surface area contributed by atoms with E-state index in [1.54, 1.807) is 36.7 Å². The molecule has 0 aliphatic rings. The van der Waals surface area contributed by atoms with Crippen LogP contribution in [0.15, 0.2) is 85.2 Å². The highest BCUT2D eigenvalue weighted by Crippen LogP contribution is 2.35. The van der Waals surface area contributed by atoms with E-state index in [1.807, 2.05) is 24.3 Å². The number of nitrogens with zero attached hydrogens (tertiary/aromatic N) is 2. The van der Waals surface area contributed by atoms with Gasteiger partial charge >= 0.3 is 0 Å². The molecule has 0 unspecified atom stereocenters. The predicted octanol–water partition coefficient (Wildman–Crippen LogP) is 5.76. The lowest BCUT2D eigenvalue weighted by Crippen LogP contribution is -1.94. The fourth-order valence-electron chi connectivity index (χ4n) is 2.91. The minimum atomic E-state index is -0.288. The number of halogens is 2. The van der Waals surface area contributed by atoms with Gasteiger partial charge in [-0.25, -0.2) is 8.78 Å². The van der Waals surface area contributed by atoms with E-state index in [9.17, 15) is 8.78 Å². The number of hydrogen-bond donors (Lipinski definition) is 0. The highest BCUT2D eigenvalue weighted by Gasteiger charge is 2.15. The third kappa shape index (κ3) is 3.09. The molecule has 4 rings (SSSR count). The molecule has 0 radical (unpaired) electrons. The number of hydrogen-bond acceptors (Lipinski definition) is 2. The Labute approximate surface area is 149 Å². The predicted molar refractivity (Wildman–Crippen MR) is 98.3 cm³/mol. The number of benzene rings is 2. The van der Waals surface area contributed by atoms with E-state index in [2.05, 4.69) is 9.97 Å². The lowest BCUT2D eigenvalue weighted by atomic mass is 9.97. The van der Waals surface area contributed by atoms with Gasteiger partial charge in [0.05, 0.1) is 11.4 Å². The number of aromatic nitrogens is 2. The van der Waals surface area contributed by atoms with Gasteiger partial charge in [0, 0.05) is 23.5 Å². The van der Waals surface area contributed by atoms with E-state index in [0.717, 1.165) is 22.3 Å². The van der Waals surface area contributed by atoms with Crippen LogP contribution in [0.4, 0.5) is 8.78 Å². The van der Waals surface area contributed by atoms with Gasteiger partial charge in [0.2, 0.25) is 0 Å². The van der Waals surface area contributed by atoms with Crippen molar-refractivity contribution >= 4 is 0 Å². The Morgan fingerprint density at radius 1 is 0.500 bits per heavy atom. The highest BCUT2D eigenvalue weighted by molar-refractivity contribution is 5.87. The average Bonchev–Trinajstić information content (AvgIpc) is 2.69. The third-order valence-corrected chi connectivity index (χ3v) is 4.15. The number of pyridine rings is 2. The molecule has 2 heterocycles. The second kappa shape index (κ2) is 6.84. The fraction of sp³-hybridized carbons (Fsp3) is 0. The minimum Gasteiger partial charge on any atom is -0.254 e. The van der Waals surface area contributed by atoms with Crippen LogP contribution in [0.1, 0.15) is 0 Å². The Morgan fingerprint density at radius 2 is 0.885 bits per heavy atom. The quantitative estimate of drug-likeness (QED) is 0.472. The van der Waals surface area contributed by atoms with Gasteiger partial charge in [-0.2, -0.15) is 0 Å². The maximum Gasteiger partial charge on any atom is 0.123 e. The molecule has 2 aromatic carbocycles. The van der Waals surface area contributed by atoms with Crippen LogP contribution in [0.5, 0.6) is 0 Å². The molecular formula is C22H14F2N2. The molecule has 2 nitrogen and oxygen atoms in total. The molecule has 4 aromatic rings. The zero-order valence-corrected chi connectivity index (χ0v) is 13.7. The summed E-state index contributed by atoms with van der Waals surface area (Å²) < 4.78 is 26.6. The summed E-state index contributed by atoms with van der Waals surface area (Å²) in [7, 11) is 0. The van der Waals surface area contributed by atoms with Gasteiger partial charge in [-0.15, -0.1) is 0 Å². The smallest absolute Gasteiger partial charge is 0.123 e. The Kier molecular flexibility index (Phi) is 4.23. The van der Waals surface area contributed by atoms with Crippen LogP contribution in [0.2, 0.25) is 0 Å². The van der Waals surface area contributed by atoms with Crippen LogP contribution in [0.3, 0.4) is 0 Å². The molecule has 0 saturated heterocycles. The summed E-state index contributed by atoms with van der Waals surface area (Å²) in [4.78, 5) is 9.04. The summed E-state index contributed by atoms with van der Waals surface area (Å²) in [6, 6.07) is 20.1. The van der Waals surface area contributed by atoms with E-state index < -0.39 is 0 Å². The van der Waals surface area contributed by atoms with E-state index in [-0.39, 0.29) is 11.6 Å². The molecule has 0 spiro atoms. The summed E-state index contributed by atoms with van der Waals surface area (Å²) in [5.74, 6) is -0.576. The van der Waals surface area contributed by atoms with Gasteiger partial charge in [0.25, 0.3) is 0 Å². The second-order valence-corrected chi connectivity index (χ2v) is 5.81. The topological polar surface area (TPSA) is 25.8 Å². The van der Waals surface area contributed by atoms with Crippen molar-refractivity contribution in [2.24, 2.45) is 0 Å². The summed E-state index contributed by atoms with van der Waals surface area (Å²) in [6.07, 6.45) is 3.40. The van der Waals surface area contributed by atoms with Crippen molar-refractivity contribution in [1.82, 2.24) is 9.97 Å². The largest absolute Gasteiger partial charge is 0.254 e. The van der Waals surface area contributed by atoms with Gasteiger partial charge in [0.1, 0.15) is 11.6 Å². The van der Waals surface area contributed by atoms with Crippen LogP contribution in [-0.4, -0.2) is 9.97 Å². The van der Waals surface area contributed by atoms with Crippen LogP contribution in [-0.2, 0) is 0 Å². The van der Waals surface area contributed by atoms with Gasteiger partial charge < -0.3 is 0 Å². The first kappa shape index (κ1) is 16.1. The first-order chi connectivity index (χ1) is 12.7. The van der Waals surface area contributed by atoms with Crippen molar-refractivity contribution in [2.45, 2.75) is 0 Å².